The molecule has 0 aliphatic heterocycles. The van der Waals surface area contributed by atoms with Crippen molar-refractivity contribution in [3.63, 3.8) is 0 Å². The Morgan fingerprint density at radius 3 is 2.72 bits per heavy atom. The Kier molecular flexibility index (Phi) is 5.41. The number of fused-ring (bicyclic) bond motifs is 2. The molecule has 0 saturated heterocycles. The number of hydrogen-bond acceptors (Lipinski definition) is 5. The highest BCUT2D eigenvalue weighted by molar-refractivity contribution is 7.85. The topological polar surface area (TPSA) is 88.8 Å². The molecule has 2 bridgehead atoms. The number of ether oxygens (including phenoxy) is 1. The predicted octanol–water partition coefficient (Wildman–Crippen LogP) is 4.23. The molecule has 3 unspecified atom stereocenters. The summed E-state index contributed by atoms with van der Waals surface area (Å²) in [4.78, 5) is 24.2. The van der Waals surface area contributed by atoms with Gasteiger partial charge in [-0.2, -0.15) is 0 Å². The van der Waals surface area contributed by atoms with Gasteiger partial charge in [0.15, 0.2) is 0 Å². The van der Waals surface area contributed by atoms with Gasteiger partial charge in [-0.25, -0.2) is 4.79 Å². The highest BCUT2D eigenvalue weighted by Gasteiger charge is 2.40. The normalized spacial score (nSPS) is 23.2. The third kappa shape index (κ3) is 4.05. The highest BCUT2D eigenvalue weighted by Crippen LogP contribution is 2.44. The lowest BCUT2D eigenvalue weighted by atomic mass is 9.95. The van der Waals surface area contributed by atoms with Crippen LogP contribution in [0.4, 0.5) is 0 Å². The molecule has 1 amide bonds. The van der Waals surface area contributed by atoms with Gasteiger partial charge in [-0.3, -0.25) is 4.79 Å². The number of carbonyl (C=O) groups excluding carboxylic acids is 1. The minimum Gasteiger partial charge on any atom is -0.496 e. The molecule has 0 radical (unpaired) electrons. The van der Waals surface area contributed by atoms with E-state index >= 15 is 0 Å². The van der Waals surface area contributed by atoms with E-state index < -0.39 is 5.97 Å². The molecular weight excluding hydrogens is 390 g/mol. The van der Waals surface area contributed by atoms with Crippen LogP contribution in [0, 0.1) is 11.8 Å². The van der Waals surface area contributed by atoms with Crippen molar-refractivity contribution in [2.24, 2.45) is 11.8 Å². The van der Waals surface area contributed by atoms with Crippen molar-refractivity contribution in [2.45, 2.75) is 31.7 Å². The first-order chi connectivity index (χ1) is 13.9. The Balaban J connectivity index is 1.48. The molecule has 2 fully saturated rings. The van der Waals surface area contributed by atoms with E-state index in [2.05, 4.69) is 17.9 Å². The predicted molar refractivity (Wildman–Crippen MR) is 112 cm³/mol. The second-order valence-electron chi connectivity index (χ2n) is 7.71. The third-order valence-electron chi connectivity index (χ3n) is 5.91. The second kappa shape index (κ2) is 7.99. The van der Waals surface area contributed by atoms with E-state index in [1.54, 1.807) is 30.3 Å². The molecule has 1 heterocycles. The SMILES string of the molecule is COc1ccc(-c2ccc(/C=C(\S)C(=O)NC3CC4CCC3C4)o2)cc1C(=O)O. The van der Waals surface area contributed by atoms with Gasteiger partial charge in [0.25, 0.3) is 5.91 Å². The first kappa shape index (κ1) is 19.6. The van der Waals surface area contributed by atoms with Crippen LogP contribution in [0.2, 0.25) is 0 Å². The number of hydrogen-bond donors (Lipinski definition) is 3. The van der Waals surface area contributed by atoms with Crippen LogP contribution in [0.1, 0.15) is 41.8 Å². The summed E-state index contributed by atoms with van der Waals surface area (Å²) < 4.78 is 10.9. The maximum absolute atomic E-state index is 12.5. The molecule has 2 N–H and O–H groups in total. The van der Waals surface area contributed by atoms with E-state index in [9.17, 15) is 14.7 Å². The van der Waals surface area contributed by atoms with Gasteiger partial charge in [0.1, 0.15) is 22.8 Å². The molecule has 1 aromatic heterocycles. The van der Waals surface area contributed by atoms with Crippen LogP contribution >= 0.6 is 12.6 Å². The molecule has 4 rings (SSSR count). The van der Waals surface area contributed by atoms with Gasteiger partial charge in [0, 0.05) is 11.6 Å². The van der Waals surface area contributed by atoms with Crippen molar-refractivity contribution in [1.29, 1.82) is 0 Å². The molecule has 152 valence electrons. The summed E-state index contributed by atoms with van der Waals surface area (Å²) in [6, 6.07) is 8.51. The van der Waals surface area contributed by atoms with E-state index in [0.29, 0.717) is 23.0 Å². The van der Waals surface area contributed by atoms with Crippen LogP contribution in [0.15, 0.2) is 39.7 Å². The number of carbonyl (C=O) groups is 2. The van der Waals surface area contributed by atoms with Crippen LogP contribution in [0.3, 0.4) is 0 Å². The summed E-state index contributed by atoms with van der Waals surface area (Å²) in [5.74, 6) is 1.33. The largest absolute Gasteiger partial charge is 0.496 e. The maximum Gasteiger partial charge on any atom is 0.339 e. The Morgan fingerprint density at radius 2 is 2.07 bits per heavy atom. The van der Waals surface area contributed by atoms with Crippen molar-refractivity contribution in [3.05, 3.63) is 46.6 Å². The summed E-state index contributed by atoms with van der Waals surface area (Å²) in [5, 5.41) is 12.4. The number of nitrogens with one attached hydrogen (secondary N) is 1. The van der Waals surface area contributed by atoms with Crippen LogP contribution < -0.4 is 10.1 Å². The molecule has 0 spiro atoms. The molecule has 2 saturated carbocycles. The molecular formula is C22H23NO5S. The number of carboxylic acids is 1. The number of rotatable bonds is 6. The molecule has 29 heavy (non-hydrogen) atoms. The van der Waals surface area contributed by atoms with Gasteiger partial charge in [-0.15, -0.1) is 12.6 Å². The molecule has 7 heteroatoms. The quantitative estimate of drug-likeness (QED) is 0.487. The van der Waals surface area contributed by atoms with Crippen molar-refractivity contribution in [2.75, 3.05) is 7.11 Å². The van der Waals surface area contributed by atoms with E-state index in [-0.39, 0.29) is 28.2 Å². The van der Waals surface area contributed by atoms with E-state index in [0.717, 1.165) is 12.3 Å². The van der Waals surface area contributed by atoms with Gasteiger partial charge in [0.2, 0.25) is 0 Å². The fourth-order valence-corrected chi connectivity index (χ4v) is 4.67. The summed E-state index contributed by atoms with van der Waals surface area (Å²) in [6.45, 7) is 0. The van der Waals surface area contributed by atoms with Crippen LogP contribution in [-0.2, 0) is 4.79 Å². The number of benzene rings is 1. The van der Waals surface area contributed by atoms with Gasteiger partial charge < -0.3 is 19.6 Å². The van der Waals surface area contributed by atoms with Gasteiger partial charge >= 0.3 is 5.97 Å². The van der Waals surface area contributed by atoms with Crippen LogP contribution in [0.25, 0.3) is 17.4 Å². The molecule has 2 aromatic rings. The molecule has 6 nitrogen and oxygen atoms in total. The lowest BCUT2D eigenvalue weighted by molar-refractivity contribution is -0.117. The number of amides is 1. The van der Waals surface area contributed by atoms with E-state index in [1.807, 2.05) is 0 Å². The molecule has 1 aromatic carbocycles. The van der Waals surface area contributed by atoms with E-state index in [1.165, 1.54) is 32.4 Å². The average Bonchev–Trinajstić information content (AvgIpc) is 3.44. The second-order valence-corrected chi connectivity index (χ2v) is 8.19. The molecule has 2 aliphatic rings. The number of aromatic carboxylic acids is 1. The average molecular weight is 413 g/mol. The van der Waals surface area contributed by atoms with Crippen molar-refractivity contribution >= 4 is 30.6 Å². The monoisotopic (exact) mass is 413 g/mol. The lowest BCUT2D eigenvalue weighted by Crippen LogP contribution is -2.38. The summed E-state index contributed by atoms with van der Waals surface area (Å²) >= 11 is 4.34. The van der Waals surface area contributed by atoms with Gasteiger partial charge in [0.05, 0.1) is 12.0 Å². The zero-order valence-corrected chi connectivity index (χ0v) is 16.9. The zero-order valence-electron chi connectivity index (χ0n) is 16.1. The Bertz CT molecular complexity index is 979. The van der Waals surface area contributed by atoms with Crippen molar-refractivity contribution in [1.82, 2.24) is 5.32 Å². The Hall–Kier alpha value is -2.67. The number of carboxylic acid groups (broad SMARTS) is 1. The minimum absolute atomic E-state index is 0.0543. The maximum atomic E-state index is 12.5. The van der Waals surface area contributed by atoms with Crippen LogP contribution in [0.5, 0.6) is 5.75 Å². The third-order valence-corrected chi connectivity index (χ3v) is 6.24. The standard InChI is InChI=1S/C22H23NO5S/c1-27-19-6-4-14(10-16(19)22(25)26)18-7-5-15(28-18)11-20(29)21(24)23-17-9-12-2-3-13(17)8-12/h4-7,10-13,17,29H,2-3,8-9H2,1H3,(H,23,24)(H,25,26)/b20-11-. The lowest BCUT2D eigenvalue weighted by Gasteiger charge is -2.22. The minimum atomic E-state index is -1.08. The number of furan rings is 1. The first-order valence-corrected chi connectivity index (χ1v) is 10.1. The Morgan fingerprint density at radius 1 is 1.24 bits per heavy atom. The summed E-state index contributed by atoms with van der Waals surface area (Å²) in [7, 11) is 1.42. The fourth-order valence-electron chi connectivity index (χ4n) is 4.48. The van der Waals surface area contributed by atoms with E-state index in [4.69, 9.17) is 9.15 Å². The van der Waals surface area contributed by atoms with Gasteiger partial charge in [-0.1, -0.05) is 6.42 Å². The smallest absolute Gasteiger partial charge is 0.339 e. The van der Waals surface area contributed by atoms with Crippen molar-refractivity contribution in [3.8, 4) is 17.1 Å². The zero-order chi connectivity index (χ0) is 20.5. The van der Waals surface area contributed by atoms with Crippen molar-refractivity contribution < 1.29 is 23.8 Å². The number of thiol groups is 1. The Labute approximate surface area is 174 Å². The highest BCUT2D eigenvalue weighted by atomic mass is 32.1. The molecule has 3 atom stereocenters. The fraction of sp³-hybridized carbons (Fsp3) is 0.364. The summed E-state index contributed by atoms with van der Waals surface area (Å²) in [5.41, 5.74) is 0.661. The molecule has 2 aliphatic carbocycles. The van der Waals surface area contributed by atoms with Crippen LogP contribution in [-0.4, -0.2) is 30.1 Å². The van der Waals surface area contributed by atoms with Gasteiger partial charge in [-0.05, 0) is 67.5 Å². The summed E-state index contributed by atoms with van der Waals surface area (Å²) in [6.07, 6.45) is 6.34. The number of methoxy groups -OCH3 is 1. The first-order valence-electron chi connectivity index (χ1n) is 9.67.